The van der Waals surface area contributed by atoms with Gasteiger partial charge in [-0.15, -0.1) is 0 Å². The third-order valence-corrected chi connectivity index (χ3v) is 6.11. The average Bonchev–Trinajstić information content (AvgIpc) is 3.30. The van der Waals surface area contributed by atoms with E-state index in [-0.39, 0.29) is 22.0 Å². The minimum Gasteiger partial charge on any atom is -0.507 e. The van der Waals surface area contributed by atoms with Crippen LogP contribution in [0.15, 0.2) is 60.2 Å². The zero-order chi connectivity index (χ0) is 25.1. The minimum atomic E-state index is -1.23. The third-order valence-electron chi connectivity index (χ3n) is 5.79. The molecular weight excluding hydrogens is 466 g/mol. The molecule has 2 amide bonds. The fourth-order valence-corrected chi connectivity index (χ4v) is 4.05. The number of carboxylic acids is 1. The van der Waals surface area contributed by atoms with Gasteiger partial charge >= 0.3 is 5.97 Å². The van der Waals surface area contributed by atoms with Gasteiger partial charge in [0.25, 0.3) is 11.8 Å². The largest absolute Gasteiger partial charge is 0.507 e. The number of rotatable bonds is 7. The minimum absolute atomic E-state index is 0.0580. The van der Waals surface area contributed by atoms with Gasteiger partial charge in [0.05, 0.1) is 0 Å². The van der Waals surface area contributed by atoms with Crippen LogP contribution in [-0.4, -0.2) is 49.5 Å². The van der Waals surface area contributed by atoms with Gasteiger partial charge in [-0.3, -0.25) is 19.8 Å². The molecule has 4 N–H and O–H groups in total. The standard InChI is InChI=1S/C26H23N3O5S/c1-2-15-3-5-16(6-4-15)11-12-29-24(32)20(23(31)28-26(29)35)14-18-8-10-21(27-18)17-7-9-19(25(33)34)22(30)13-17/h3-10,13-14,27,30H,2,11-12H2,1H3,(H,33,34)(H,28,31,35)/b20-14-. The number of carbonyl (C=O) groups is 3. The van der Waals surface area contributed by atoms with Gasteiger partial charge in [0.2, 0.25) is 0 Å². The molecule has 0 radical (unpaired) electrons. The zero-order valence-corrected chi connectivity index (χ0v) is 19.7. The van der Waals surface area contributed by atoms with E-state index < -0.39 is 17.8 Å². The van der Waals surface area contributed by atoms with Gasteiger partial charge in [0, 0.05) is 23.5 Å². The van der Waals surface area contributed by atoms with E-state index in [1.54, 1.807) is 18.2 Å². The second-order valence-electron chi connectivity index (χ2n) is 8.06. The Morgan fingerprint density at radius 1 is 1.06 bits per heavy atom. The number of amides is 2. The van der Waals surface area contributed by atoms with Crippen LogP contribution in [0.1, 0.15) is 34.1 Å². The summed E-state index contributed by atoms with van der Waals surface area (Å²) in [5.74, 6) is -2.65. The van der Waals surface area contributed by atoms with Gasteiger partial charge in [-0.2, -0.15) is 0 Å². The van der Waals surface area contributed by atoms with Gasteiger partial charge in [-0.25, -0.2) is 4.79 Å². The Hall–Kier alpha value is -4.24. The fourth-order valence-electron chi connectivity index (χ4n) is 3.78. The summed E-state index contributed by atoms with van der Waals surface area (Å²) in [6, 6.07) is 15.7. The summed E-state index contributed by atoms with van der Waals surface area (Å²) in [6.45, 7) is 2.41. The SMILES string of the molecule is CCc1ccc(CCN2C(=O)/C(=C\c3ccc(-c4ccc(C(=O)O)c(O)c4)[nH]3)C(=O)NC2=S)cc1. The molecule has 1 fully saturated rings. The third kappa shape index (κ3) is 5.15. The number of thiocarbonyl (C=S) groups is 1. The van der Waals surface area contributed by atoms with Gasteiger partial charge in [-0.1, -0.05) is 37.3 Å². The van der Waals surface area contributed by atoms with Crippen LogP contribution < -0.4 is 5.32 Å². The van der Waals surface area contributed by atoms with Crippen molar-refractivity contribution < 1.29 is 24.6 Å². The summed E-state index contributed by atoms with van der Waals surface area (Å²) >= 11 is 5.24. The number of carbonyl (C=O) groups excluding carboxylic acids is 2. The second kappa shape index (κ2) is 9.94. The molecule has 0 aliphatic carbocycles. The lowest BCUT2D eigenvalue weighted by Crippen LogP contribution is -2.54. The lowest BCUT2D eigenvalue weighted by atomic mass is 10.1. The quantitative estimate of drug-likeness (QED) is 0.229. The summed E-state index contributed by atoms with van der Waals surface area (Å²) in [5.41, 5.74) is 3.65. The number of H-pyrrole nitrogens is 1. The van der Waals surface area contributed by atoms with Crippen molar-refractivity contribution in [2.75, 3.05) is 6.54 Å². The zero-order valence-electron chi connectivity index (χ0n) is 18.9. The van der Waals surface area contributed by atoms with Crippen molar-refractivity contribution in [2.45, 2.75) is 19.8 Å². The molecule has 0 atom stereocenters. The number of benzene rings is 2. The number of nitrogens with zero attached hydrogens (tertiary/aromatic N) is 1. The Kier molecular flexibility index (Phi) is 6.79. The smallest absolute Gasteiger partial charge is 0.339 e. The number of phenols is 1. The number of aryl methyl sites for hydroxylation is 1. The Morgan fingerprint density at radius 2 is 1.77 bits per heavy atom. The van der Waals surface area contributed by atoms with Crippen molar-refractivity contribution in [2.24, 2.45) is 0 Å². The number of carboxylic acid groups (broad SMARTS) is 1. The Bertz CT molecular complexity index is 1360. The average molecular weight is 490 g/mol. The van der Waals surface area contributed by atoms with E-state index >= 15 is 0 Å². The highest BCUT2D eigenvalue weighted by Crippen LogP contribution is 2.27. The molecule has 2 aromatic carbocycles. The highest BCUT2D eigenvalue weighted by molar-refractivity contribution is 7.80. The van der Waals surface area contributed by atoms with E-state index in [9.17, 15) is 19.5 Å². The molecule has 0 spiro atoms. The number of aromatic nitrogens is 1. The van der Waals surface area contributed by atoms with E-state index in [0.29, 0.717) is 29.9 Å². The molecule has 4 rings (SSSR count). The number of nitrogens with one attached hydrogen (secondary N) is 2. The second-order valence-corrected chi connectivity index (χ2v) is 8.45. The van der Waals surface area contributed by atoms with Crippen molar-refractivity contribution in [3.63, 3.8) is 0 Å². The Morgan fingerprint density at radius 3 is 2.43 bits per heavy atom. The van der Waals surface area contributed by atoms with Crippen LogP contribution in [0.3, 0.4) is 0 Å². The molecule has 1 saturated heterocycles. The Balaban J connectivity index is 1.52. The maximum atomic E-state index is 13.1. The van der Waals surface area contributed by atoms with Crippen LogP contribution >= 0.6 is 12.2 Å². The van der Waals surface area contributed by atoms with Crippen LogP contribution in [-0.2, 0) is 22.4 Å². The highest BCUT2D eigenvalue weighted by Gasteiger charge is 2.33. The van der Waals surface area contributed by atoms with E-state index in [0.717, 1.165) is 12.0 Å². The predicted molar refractivity (Wildman–Crippen MR) is 135 cm³/mol. The summed E-state index contributed by atoms with van der Waals surface area (Å²) in [6.07, 6.45) is 2.98. The molecule has 1 aromatic heterocycles. The molecule has 1 aliphatic rings. The van der Waals surface area contributed by atoms with E-state index in [1.807, 2.05) is 12.1 Å². The van der Waals surface area contributed by atoms with Crippen LogP contribution in [0.5, 0.6) is 5.75 Å². The first kappa shape index (κ1) is 23.9. The molecule has 2 heterocycles. The van der Waals surface area contributed by atoms with Gasteiger partial charge in [0.15, 0.2) is 5.11 Å². The lowest BCUT2D eigenvalue weighted by molar-refractivity contribution is -0.128. The van der Waals surface area contributed by atoms with E-state index in [4.69, 9.17) is 17.3 Å². The maximum Gasteiger partial charge on any atom is 0.339 e. The van der Waals surface area contributed by atoms with E-state index in [2.05, 4.69) is 29.4 Å². The number of aromatic amines is 1. The normalized spacial score (nSPS) is 14.9. The molecule has 0 bridgehead atoms. The summed E-state index contributed by atoms with van der Waals surface area (Å²) in [7, 11) is 0. The topological polar surface area (TPSA) is 123 Å². The number of hydrogen-bond acceptors (Lipinski definition) is 5. The number of aromatic carboxylic acids is 1. The fraction of sp³-hybridized carbons (Fsp3) is 0.154. The molecule has 0 saturated carbocycles. The Labute approximate surface area is 206 Å². The molecule has 35 heavy (non-hydrogen) atoms. The molecular formula is C26H23N3O5S. The first-order valence-electron chi connectivity index (χ1n) is 11.0. The van der Waals surface area contributed by atoms with Crippen LogP contribution in [0, 0.1) is 0 Å². The summed E-state index contributed by atoms with van der Waals surface area (Å²) < 4.78 is 0. The van der Waals surface area contributed by atoms with Crippen LogP contribution in [0.2, 0.25) is 0 Å². The summed E-state index contributed by atoms with van der Waals surface area (Å²) in [5, 5.41) is 21.7. The number of aromatic hydroxyl groups is 1. The van der Waals surface area contributed by atoms with Crippen molar-refractivity contribution in [3.05, 3.63) is 82.6 Å². The van der Waals surface area contributed by atoms with Gasteiger partial charge in [-0.05, 0) is 66.5 Å². The molecule has 3 aromatic rings. The molecule has 9 heteroatoms. The van der Waals surface area contributed by atoms with Crippen molar-refractivity contribution in [1.29, 1.82) is 0 Å². The molecule has 0 unspecified atom stereocenters. The monoisotopic (exact) mass is 489 g/mol. The van der Waals surface area contributed by atoms with Crippen LogP contribution in [0.4, 0.5) is 0 Å². The number of hydrogen-bond donors (Lipinski definition) is 4. The predicted octanol–water partition coefficient (Wildman–Crippen LogP) is 3.52. The first-order chi connectivity index (χ1) is 16.8. The van der Waals surface area contributed by atoms with Crippen molar-refractivity contribution in [1.82, 2.24) is 15.2 Å². The highest BCUT2D eigenvalue weighted by atomic mass is 32.1. The van der Waals surface area contributed by atoms with Gasteiger partial charge in [0.1, 0.15) is 16.9 Å². The maximum absolute atomic E-state index is 13.1. The first-order valence-corrected chi connectivity index (χ1v) is 11.4. The lowest BCUT2D eigenvalue weighted by Gasteiger charge is -2.28. The van der Waals surface area contributed by atoms with Crippen molar-refractivity contribution in [3.8, 4) is 17.0 Å². The van der Waals surface area contributed by atoms with Crippen LogP contribution in [0.25, 0.3) is 17.3 Å². The van der Waals surface area contributed by atoms with Crippen molar-refractivity contribution >= 4 is 41.2 Å². The summed E-state index contributed by atoms with van der Waals surface area (Å²) in [4.78, 5) is 41.2. The van der Waals surface area contributed by atoms with E-state index in [1.165, 1.54) is 28.7 Å². The molecule has 178 valence electrons. The molecule has 8 nitrogen and oxygen atoms in total. The molecule has 1 aliphatic heterocycles. The van der Waals surface area contributed by atoms with Gasteiger partial charge < -0.3 is 15.2 Å².